The molecule has 1 aromatic heterocycles. The van der Waals surface area contributed by atoms with Gasteiger partial charge in [0.05, 0.1) is 44.2 Å². The maximum atomic E-state index is 13.7. The lowest BCUT2D eigenvalue weighted by Gasteiger charge is -2.34. The standard InChI is InChI=1S/C41H51ClN8O13/c1-50-20-31(55)46-27(13-22-17-43-26-14-23(42)11-12-25(22)26)38(59)45-19-30(54)44-18-24(51)15-29(53)47-33(34(57)28(52)10-6-9-21-7-4-3-5-8-21)35(58)39(60)48-37-36(63-2)40(61)49-41(37,62)16-32(50)56/h3-9,11-12,14,17,24,27-28,33-37,43,51-52,57-58,62H,10,13,15-16,18-20H2,1-2H3,(H,44,54)(H,45,59)(H,46,55)(H,47,53)(H,48,60)(H,49,61). The zero-order valence-electron chi connectivity index (χ0n) is 34.2. The van der Waals surface area contributed by atoms with Gasteiger partial charge in [0.15, 0.2) is 17.9 Å². The summed E-state index contributed by atoms with van der Waals surface area (Å²) in [7, 11) is 2.26. The highest BCUT2D eigenvalue weighted by atomic mass is 35.5. The minimum absolute atomic E-state index is 0.0964. The molecule has 2 fully saturated rings. The van der Waals surface area contributed by atoms with E-state index >= 15 is 0 Å². The van der Waals surface area contributed by atoms with E-state index in [2.05, 4.69) is 36.9 Å². The van der Waals surface area contributed by atoms with E-state index < -0.39 is 128 Å². The predicted molar refractivity (Wildman–Crippen MR) is 224 cm³/mol. The molecule has 3 aromatic rings. The average Bonchev–Trinajstić information content (AvgIpc) is 3.74. The van der Waals surface area contributed by atoms with Gasteiger partial charge in [-0.15, -0.1) is 0 Å². The summed E-state index contributed by atoms with van der Waals surface area (Å²) in [5.41, 5.74) is -0.620. The zero-order chi connectivity index (χ0) is 46.0. The molecule has 0 aliphatic carbocycles. The minimum atomic E-state index is -2.60. The number of H-pyrrole nitrogens is 1. The van der Waals surface area contributed by atoms with Crippen molar-refractivity contribution in [3.05, 3.63) is 77.0 Å². The van der Waals surface area contributed by atoms with E-state index in [0.717, 1.165) is 17.6 Å². The van der Waals surface area contributed by atoms with Crippen LogP contribution in [0.4, 0.5) is 0 Å². The molecule has 22 heteroatoms. The Balaban J connectivity index is 1.40. The summed E-state index contributed by atoms with van der Waals surface area (Å²) in [6.45, 7) is -1.84. The molecule has 0 radical (unpaired) electrons. The number of likely N-dealkylation sites (N-methyl/N-ethyl adjacent to an activating group) is 1. The van der Waals surface area contributed by atoms with Crippen LogP contribution in [0.2, 0.25) is 5.02 Å². The van der Waals surface area contributed by atoms with E-state index in [4.69, 9.17) is 16.3 Å². The topological polar surface area (TPSA) is 321 Å². The van der Waals surface area contributed by atoms with Crippen LogP contribution in [0.5, 0.6) is 0 Å². The van der Waals surface area contributed by atoms with Gasteiger partial charge in [0.2, 0.25) is 29.5 Å². The van der Waals surface area contributed by atoms with E-state index in [-0.39, 0.29) is 12.8 Å². The summed E-state index contributed by atoms with van der Waals surface area (Å²) in [6.07, 6.45) is -6.72. The molecule has 21 nitrogen and oxygen atoms in total. The van der Waals surface area contributed by atoms with E-state index in [1.165, 1.54) is 13.1 Å². The van der Waals surface area contributed by atoms with Gasteiger partial charge < -0.3 is 72.1 Å². The Morgan fingerprint density at radius 1 is 0.921 bits per heavy atom. The number of ether oxygens (including phenoxy) is 1. The number of methoxy groups -OCH3 is 1. The number of hydrogen-bond donors (Lipinski definition) is 12. The van der Waals surface area contributed by atoms with Gasteiger partial charge in [-0.3, -0.25) is 33.6 Å². The van der Waals surface area contributed by atoms with Crippen LogP contribution in [0.1, 0.15) is 30.4 Å². The van der Waals surface area contributed by atoms with Gasteiger partial charge in [-0.1, -0.05) is 60.2 Å². The number of hydrogen-bond acceptors (Lipinski definition) is 13. The molecule has 0 bridgehead atoms. The van der Waals surface area contributed by atoms with Gasteiger partial charge in [-0.2, -0.15) is 0 Å². The lowest BCUT2D eigenvalue weighted by atomic mass is 9.95. The quantitative estimate of drug-likeness (QED) is 0.106. The van der Waals surface area contributed by atoms with Gasteiger partial charge in [-0.05, 0) is 29.7 Å². The third-order valence-corrected chi connectivity index (χ3v) is 10.8. The Hall–Kier alpha value is -5.94. The third-order valence-electron chi connectivity index (χ3n) is 10.6. The van der Waals surface area contributed by atoms with Crippen LogP contribution in [0.3, 0.4) is 0 Å². The minimum Gasteiger partial charge on any atom is -0.391 e. The molecular formula is C41H51ClN8O13. The maximum Gasteiger partial charge on any atom is 0.253 e. The number of carbonyl (C=O) groups excluding carboxylic acids is 7. The number of nitrogens with zero attached hydrogens (tertiary/aromatic N) is 1. The number of nitrogens with one attached hydrogen (secondary N) is 7. The largest absolute Gasteiger partial charge is 0.391 e. The van der Waals surface area contributed by atoms with Gasteiger partial charge in [0, 0.05) is 49.2 Å². The Morgan fingerprint density at radius 2 is 1.65 bits per heavy atom. The first-order chi connectivity index (χ1) is 29.9. The average molecular weight is 899 g/mol. The second-order valence-corrected chi connectivity index (χ2v) is 15.8. The molecule has 340 valence electrons. The van der Waals surface area contributed by atoms with Crippen molar-refractivity contribution in [2.75, 3.05) is 33.8 Å². The van der Waals surface area contributed by atoms with Crippen LogP contribution in [-0.2, 0) is 44.7 Å². The van der Waals surface area contributed by atoms with Crippen molar-refractivity contribution in [2.24, 2.45) is 0 Å². The van der Waals surface area contributed by atoms with Crippen molar-refractivity contribution in [3.63, 3.8) is 0 Å². The highest BCUT2D eigenvalue weighted by Gasteiger charge is 2.55. The Bertz CT molecular complexity index is 2190. The van der Waals surface area contributed by atoms with Crippen molar-refractivity contribution in [2.45, 2.75) is 80.1 Å². The Labute approximate surface area is 365 Å². The van der Waals surface area contributed by atoms with Crippen LogP contribution in [0.15, 0.2) is 60.8 Å². The van der Waals surface area contributed by atoms with E-state index in [1.54, 1.807) is 60.8 Å². The van der Waals surface area contributed by atoms with Crippen LogP contribution < -0.4 is 31.9 Å². The van der Waals surface area contributed by atoms with Crippen molar-refractivity contribution in [1.29, 1.82) is 0 Å². The number of aromatic nitrogens is 1. The third kappa shape index (κ3) is 12.6. The summed E-state index contributed by atoms with van der Waals surface area (Å²) in [5.74, 6) is -6.82. The van der Waals surface area contributed by atoms with Gasteiger partial charge in [-0.25, -0.2) is 0 Å². The van der Waals surface area contributed by atoms with Crippen molar-refractivity contribution >= 4 is 69.9 Å². The lowest BCUT2D eigenvalue weighted by molar-refractivity contribution is -0.146. The fourth-order valence-electron chi connectivity index (χ4n) is 7.18. The molecule has 2 aliphatic rings. The second-order valence-electron chi connectivity index (χ2n) is 15.3. The molecule has 0 spiro atoms. The number of amides is 7. The SMILES string of the molecule is COC1C(=O)NC2(O)CC(=O)N(C)CC(=O)NC(Cc3c[nH]c4cc(Cl)ccc34)C(=O)NCC(=O)NCC(O)CC(=O)NC(C(O)C(O)CC=Cc3ccccc3)C(O)C(=O)NC12. The summed E-state index contributed by atoms with van der Waals surface area (Å²) < 4.78 is 5.21. The molecule has 0 saturated carbocycles. The number of carbonyl (C=O) groups is 7. The van der Waals surface area contributed by atoms with Crippen LogP contribution in [-0.4, -0.2) is 165 Å². The monoisotopic (exact) mass is 898 g/mol. The summed E-state index contributed by atoms with van der Waals surface area (Å²) in [5, 5.41) is 71.0. The highest BCUT2D eigenvalue weighted by molar-refractivity contribution is 6.31. The van der Waals surface area contributed by atoms with E-state index in [0.29, 0.717) is 21.5 Å². The first-order valence-corrected chi connectivity index (χ1v) is 20.2. The summed E-state index contributed by atoms with van der Waals surface area (Å²) in [4.78, 5) is 97.1. The molecule has 63 heavy (non-hydrogen) atoms. The fourth-order valence-corrected chi connectivity index (χ4v) is 7.35. The maximum absolute atomic E-state index is 13.7. The number of rotatable bonds is 8. The van der Waals surface area contributed by atoms with Crippen molar-refractivity contribution in [3.8, 4) is 0 Å². The van der Waals surface area contributed by atoms with Crippen LogP contribution in [0, 0.1) is 0 Å². The summed E-state index contributed by atoms with van der Waals surface area (Å²) in [6, 6.07) is 8.79. The number of aromatic amines is 1. The number of halogens is 1. The molecule has 9 unspecified atom stereocenters. The van der Waals surface area contributed by atoms with Gasteiger partial charge in [0.25, 0.3) is 11.8 Å². The van der Waals surface area contributed by atoms with Crippen molar-refractivity contribution < 1.29 is 63.8 Å². The predicted octanol–water partition coefficient (Wildman–Crippen LogP) is -3.32. The zero-order valence-corrected chi connectivity index (χ0v) is 35.0. The van der Waals surface area contributed by atoms with Gasteiger partial charge >= 0.3 is 0 Å². The normalized spacial score (nSPS) is 27.4. The molecule has 9 atom stereocenters. The smallest absolute Gasteiger partial charge is 0.253 e. The van der Waals surface area contributed by atoms with E-state index in [9.17, 15) is 59.1 Å². The fraction of sp³-hybridized carbons (Fsp3) is 0.439. The number of aliphatic hydroxyl groups excluding tert-OH is 4. The highest BCUT2D eigenvalue weighted by Crippen LogP contribution is 2.26. The molecule has 3 heterocycles. The number of β-amino-alcohol motifs (C(OH)–C–C–N with tert-alkyl or cyclic N) is 1. The molecular weight excluding hydrogens is 848 g/mol. The van der Waals surface area contributed by atoms with Crippen LogP contribution in [0.25, 0.3) is 17.0 Å². The first-order valence-electron chi connectivity index (χ1n) is 19.8. The van der Waals surface area contributed by atoms with Crippen LogP contribution >= 0.6 is 11.6 Å². The molecule has 2 saturated heterocycles. The first kappa shape index (κ1) is 48.1. The second kappa shape index (κ2) is 21.4. The number of fused-ring (bicyclic) bond motifs is 2. The Kier molecular flexibility index (Phi) is 16.4. The molecule has 12 N–H and O–H groups in total. The molecule has 5 rings (SSSR count). The number of benzene rings is 2. The summed E-state index contributed by atoms with van der Waals surface area (Å²) >= 11 is 6.12. The van der Waals surface area contributed by atoms with E-state index in [1.807, 2.05) is 0 Å². The Morgan fingerprint density at radius 3 is 2.37 bits per heavy atom. The number of aliphatic hydroxyl groups is 5. The molecule has 7 amide bonds. The molecule has 2 aromatic carbocycles. The van der Waals surface area contributed by atoms with Crippen molar-refractivity contribution in [1.82, 2.24) is 41.8 Å². The lowest BCUT2D eigenvalue weighted by Crippen LogP contribution is -2.64. The van der Waals surface area contributed by atoms with Gasteiger partial charge in [0.1, 0.15) is 18.2 Å². The molecule has 2 aliphatic heterocycles.